The number of para-hydroxylation sites is 1. The van der Waals surface area contributed by atoms with Crippen LogP contribution in [0.3, 0.4) is 0 Å². The Balaban J connectivity index is 1.68. The standard InChI is InChI=1S/C23H19NO3/c1-15(25)24-22-13-17-9-12-23(26)21(17)14-20(22)16-7-10-19(11-8-16)27-18-5-3-2-4-6-18/h2-8,10-11,13-14H,9,12H2,1H3,(H,24,25). The van der Waals surface area contributed by atoms with Crippen LogP contribution in [0, 0.1) is 0 Å². The van der Waals surface area contributed by atoms with Crippen LogP contribution in [-0.2, 0) is 11.2 Å². The number of nitrogens with one attached hydrogen (secondary N) is 1. The van der Waals surface area contributed by atoms with Gasteiger partial charge in [0.25, 0.3) is 0 Å². The van der Waals surface area contributed by atoms with Crippen LogP contribution in [0.2, 0.25) is 0 Å². The normalized spacial score (nSPS) is 12.6. The van der Waals surface area contributed by atoms with E-state index >= 15 is 0 Å². The average Bonchev–Trinajstić information content (AvgIpc) is 3.02. The average molecular weight is 357 g/mol. The summed E-state index contributed by atoms with van der Waals surface area (Å²) in [4.78, 5) is 23.8. The number of fused-ring (bicyclic) bond motifs is 1. The van der Waals surface area contributed by atoms with Gasteiger partial charge in [0, 0.05) is 30.2 Å². The van der Waals surface area contributed by atoms with Crippen LogP contribution < -0.4 is 10.1 Å². The van der Waals surface area contributed by atoms with Gasteiger partial charge in [-0.25, -0.2) is 0 Å². The molecule has 0 heterocycles. The zero-order chi connectivity index (χ0) is 18.8. The molecule has 134 valence electrons. The number of anilines is 1. The summed E-state index contributed by atoms with van der Waals surface area (Å²) in [5, 5.41) is 2.89. The minimum Gasteiger partial charge on any atom is -0.457 e. The van der Waals surface area contributed by atoms with Crippen molar-refractivity contribution in [3.63, 3.8) is 0 Å². The molecule has 3 aromatic rings. The highest BCUT2D eigenvalue weighted by Gasteiger charge is 2.22. The predicted molar refractivity (Wildman–Crippen MR) is 105 cm³/mol. The van der Waals surface area contributed by atoms with Gasteiger partial charge in [0.2, 0.25) is 5.91 Å². The summed E-state index contributed by atoms with van der Waals surface area (Å²) in [6, 6.07) is 21.0. The second-order valence-electron chi connectivity index (χ2n) is 6.60. The number of rotatable bonds is 4. The summed E-state index contributed by atoms with van der Waals surface area (Å²) in [6.45, 7) is 1.49. The van der Waals surface area contributed by atoms with Crippen molar-refractivity contribution in [2.75, 3.05) is 5.32 Å². The third-order valence-electron chi connectivity index (χ3n) is 4.62. The first-order chi connectivity index (χ1) is 13.1. The van der Waals surface area contributed by atoms with Crippen molar-refractivity contribution < 1.29 is 14.3 Å². The Morgan fingerprint density at radius 1 is 0.889 bits per heavy atom. The topological polar surface area (TPSA) is 55.4 Å². The van der Waals surface area contributed by atoms with Gasteiger partial charge in [-0.15, -0.1) is 0 Å². The van der Waals surface area contributed by atoms with E-state index in [9.17, 15) is 9.59 Å². The van der Waals surface area contributed by atoms with E-state index in [0.717, 1.165) is 45.9 Å². The van der Waals surface area contributed by atoms with Crippen LogP contribution in [0.5, 0.6) is 11.5 Å². The molecule has 3 aromatic carbocycles. The Labute approximate surface area is 157 Å². The minimum absolute atomic E-state index is 0.135. The Morgan fingerprint density at radius 3 is 2.30 bits per heavy atom. The third kappa shape index (κ3) is 3.60. The van der Waals surface area contributed by atoms with Gasteiger partial charge >= 0.3 is 0 Å². The Morgan fingerprint density at radius 2 is 1.59 bits per heavy atom. The lowest BCUT2D eigenvalue weighted by Crippen LogP contribution is -2.08. The maximum Gasteiger partial charge on any atom is 0.221 e. The van der Waals surface area contributed by atoms with E-state index in [-0.39, 0.29) is 11.7 Å². The van der Waals surface area contributed by atoms with E-state index in [2.05, 4.69) is 5.32 Å². The highest BCUT2D eigenvalue weighted by Crippen LogP contribution is 2.36. The molecule has 4 nitrogen and oxygen atoms in total. The second kappa shape index (κ2) is 7.08. The molecule has 0 spiro atoms. The molecular weight excluding hydrogens is 338 g/mol. The Bertz CT molecular complexity index is 1010. The number of hydrogen-bond donors (Lipinski definition) is 1. The molecule has 4 rings (SSSR count). The van der Waals surface area contributed by atoms with Gasteiger partial charge in [-0.2, -0.15) is 0 Å². The van der Waals surface area contributed by atoms with Crippen molar-refractivity contribution in [2.24, 2.45) is 0 Å². The van der Waals surface area contributed by atoms with Crippen molar-refractivity contribution in [3.05, 3.63) is 77.9 Å². The molecule has 0 radical (unpaired) electrons. The number of carbonyl (C=O) groups excluding carboxylic acids is 2. The third-order valence-corrected chi connectivity index (χ3v) is 4.62. The molecular formula is C23H19NO3. The summed E-state index contributed by atoms with van der Waals surface area (Å²) in [6.07, 6.45) is 1.26. The molecule has 1 amide bonds. The van der Waals surface area contributed by atoms with Crippen molar-refractivity contribution in [1.29, 1.82) is 0 Å². The van der Waals surface area contributed by atoms with Gasteiger partial charge in [-0.05, 0) is 53.9 Å². The first-order valence-corrected chi connectivity index (χ1v) is 8.91. The molecule has 0 aliphatic heterocycles. The van der Waals surface area contributed by atoms with Crippen molar-refractivity contribution in [2.45, 2.75) is 19.8 Å². The molecule has 27 heavy (non-hydrogen) atoms. The molecule has 0 atom stereocenters. The van der Waals surface area contributed by atoms with E-state index < -0.39 is 0 Å². The fourth-order valence-electron chi connectivity index (χ4n) is 3.35. The predicted octanol–water partition coefficient (Wildman–Crippen LogP) is 5.23. The minimum atomic E-state index is -0.135. The van der Waals surface area contributed by atoms with Crippen molar-refractivity contribution >= 4 is 17.4 Å². The van der Waals surface area contributed by atoms with Crippen LogP contribution in [0.4, 0.5) is 5.69 Å². The van der Waals surface area contributed by atoms with Crippen LogP contribution in [-0.4, -0.2) is 11.7 Å². The van der Waals surface area contributed by atoms with Gasteiger partial charge < -0.3 is 10.1 Å². The maximum absolute atomic E-state index is 12.1. The number of ether oxygens (including phenoxy) is 1. The molecule has 4 heteroatoms. The summed E-state index contributed by atoms with van der Waals surface area (Å²) in [5.74, 6) is 1.52. The summed E-state index contributed by atoms with van der Waals surface area (Å²) in [5.41, 5.74) is 4.24. The lowest BCUT2D eigenvalue weighted by molar-refractivity contribution is -0.114. The number of benzene rings is 3. The van der Waals surface area contributed by atoms with Gasteiger partial charge in [0.1, 0.15) is 11.5 Å². The lowest BCUT2D eigenvalue weighted by Gasteiger charge is -2.14. The molecule has 0 bridgehead atoms. The lowest BCUT2D eigenvalue weighted by atomic mass is 9.97. The molecule has 1 N–H and O–H groups in total. The molecule has 1 aliphatic carbocycles. The molecule has 0 aromatic heterocycles. The SMILES string of the molecule is CC(=O)Nc1cc2c(cc1-c1ccc(Oc3ccccc3)cc1)C(=O)CC2. The van der Waals surface area contributed by atoms with Crippen LogP contribution in [0.1, 0.15) is 29.3 Å². The number of aryl methyl sites for hydroxylation is 1. The van der Waals surface area contributed by atoms with Crippen LogP contribution >= 0.6 is 0 Å². The number of Topliss-reactive ketones (excluding diaryl/α,β-unsaturated/α-hetero) is 1. The highest BCUT2D eigenvalue weighted by molar-refractivity contribution is 6.04. The monoisotopic (exact) mass is 357 g/mol. The van der Waals surface area contributed by atoms with Crippen LogP contribution in [0.15, 0.2) is 66.7 Å². The number of ketones is 1. The van der Waals surface area contributed by atoms with E-state index in [1.165, 1.54) is 6.92 Å². The molecule has 0 fully saturated rings. The van der Waals surface area contributed by atoms with Gasteiger partial charge in [-0.1, -0.05) is 30.3 Å². The van der Waals surface area contributed by atoms with E-state index in [1.807, 2.05) is 66.7 Å². The largest absolute Gasteiger partial charge is 0.457 e. The second-order valence-corrected chi connectivity index (χ2v) is 6.60. The number of hydrogen-bond acceptors (Lipinski definition) is 3. The maximum atomic E-state index is 12.1. The molecule has 0 unspecified atom stereocenters. The Kier molecular flexibility index (Phi) is 4.47. The summed E-state index contributed by atoms with van der Waals surface area (Å²) in [7, 11) is 0. The fourth-order valence-corrected chi connectivity index (χ4v) is 3.35. The number of amides is 1. The van der Waals surface area contributed by atoms with Crippen LogP contribution in [0.25, 0.3) is 11.1 Å². The van der Waals surface area contributed by atoms with Crippen molar-refractivity contribution in [3.8, 4) is 22.6 Å². The van der Waals surface area contributed by atoms with E-state index in [0.29, 0.717) is 6.42 Å². The first kappa shape index (κ1) is 17.0. The highest BCUT2D eigenvalue weighted by atomic mass is 16.5. The summed E-state index contributed by atoms with van der Waals surface area (Å²) < 4.78 is 5.83. The summed E-state index contributed by atoms with van der Waals surface area (Å²) >= 11 is 0. The van der Waals surface area contributed by atoms with E-state index in [1.54, 1.807) is 0 Å². The van der Waals surface area contributed by atoms with Crippen molar-refractivity contribution in [1.82, 2.24) is 0 Å². The zero-order valence-corrected chi connectivity index (χ0v) is 15.0. The molecule has 0 saturated heterocycles. The van der Waals surface area contributed by atoms with Gasteiger partial charge in [0.15, 0.2) is 5.78 Å². The molecule has 1 aliphatic rings. The zero-order valence-electron chi connectivity index (χ0n) is 15.0. The first-order valence-electron chi connectivity index (χ1n) is 8.91. The van der Waals surface area contributed by atoms with E-state index in [4.69, 9.17) is 4.74 Å². The Hall–Kier alpha value is -3.40. The number of carbonyl (C=O) groups is 2. The smallest absolute Gasteiger partial charge is 0.221 e. The van der Waals surface area contributed by atoms with Gasteiger partial charge in [-0.3, -0.25) is 9.59 Å². The molecule has 0 saturated carbocycles. The fraction of sp³-hybridized carbons (Fsp3) is 0.130. The quantitative estimate of drug-likeness (QED) is 0.695. The van der Waals surface area contributed by atoms with Gasteiger partial charge in [0.05, 0.1) is 0 Å².